The quantitative estimate of drug-likeness (QED) is 0.811. The Morgan fingerprint density at radius 2 is 1.91 bits per heavy atom. The van der Waals surface area contributed by atoms with Gasteiger partial charge in [0.1, 0.15) is 18.5 Å². The van der Waals surface area contributed by atoms with Crippen LogP contribution >= 0.6 is 0 Å². The van der Waals surface area contributed by atoms with E-state index in [1.807, 2.05) is 13.8 Å². The van der Waals surface area contributed by atoms with Crippen molar-refractivity contribution in [2.75, 3.05) is 26.2 Å². The minimum absolute atomic E-state index is 0.0298. The van der Waals surface area contributed by atoms with Crippen LogP contribution in [-0.4, -0.2) is 60.3 Å². The van der Waals surface area contributed by atoms with Gasteiger partial charge in [-0.3, -0.25) is 9.69 Å². The molecule has 1 aromatic carbocycles. The van der Waals surface area contributed by atoms with Gasteiger partial charge in [0.25, 0.3) is 0 Å². The minimum atomic E-state index is -0.551. The molecule has 3 atom stereocenters. The van der Waals surface area contributed by atoms with Crippen molar-refractivity contribution in [1.82, 2.24) is 4.90 Å². The predicted octanol–water partition coefficient (Wildman–Crippen LogP) is 1.74. The number of Topliss-reactive ketones (excluding diaryl/α,β-unsaturated/α-hetero) is 1. The molecule has 0 spiro atoms. The van der Waals surface area contributed by atoms with Gasteiger partial charge in [0.2, 0.25) is 0 Å². The van der Waals surface area contributed by atoms with E-state index in [2.05, 4.69) is 4.90 Å². The lowest BCUT2D eigenvalue weighted by Gasteiger charge is -2.36. The highest BCUT2D eigenvalue weighted by molar-refractivity contribution is 5.94. The van der Waals surface area contributed by atoms with Gasteiger partial charge in [-0.1, -0.05) is 0 Å². The summed E-state index contributed by atoms with van der Waals surface area (Å²) >= 11 is 0. The zero-order valence-corrected chi connectivity index (χ0v) is 13.5. The molecule has 0 bridgehead atoms. The van der Waals surface area contributed by atoms with Gasteiger partial charge in [-0.15, -0.1) is 0 Å². The molecule has 1 aliphatic rings. The second-order valence-corrected chi connectivity index (χ2v) is 6.02. The Kier molecular flexibility index (Phi) is 5.94. The van der Waals surface area contributed by atoms with Crippen LogP contribution in [0.15, 0.2) is 24.3 Å². The van der Waals surface area contributed by atoms with Gasteiger partial charge in [-0.25, -0.2) is 0 Å². The van der Waals surface area contributed by atoms with E-state index in [-0.39, 0.29) is 24.6 Å². The number of benzene rings is 1. The van der Waals surface area contributed by atoms with Gasteiger partial charge in [0.05, 0.1) is 12.2 Å². The number of aliphatic hydroxyl groups is 1. The Hall–Kier alpha value is -1.43. The number of ether oxygens (including phenoxy) is 2. The highest BCUT2D eigenvalue weighted by Crippen LogP contribution is 2.14. The third kappa shape index (κ3) is 5.09. The lowest BCUT2D eigenvalue weighted by Crippen LogP contribution is -2.48. The highest BCUT2D eigenvalue weighted by atomic mass is 16.5. The molecule has 0 aliphatic carbocycles. The van der Waals surface area contributed by atoms with E-state index in [1.165, 1.54) is 6.92 Å². The van der Waals surface area contributed by atoms with Crippen LogP contribution in [0.2, 0.25) is 0 Å². The van der Waals surface area contributed by atoms with Gasteiger partial charge in [-0.05, 0) is 45.0 Å². The number of hydrogen-bond donors (Lipinski definition) is 1. The lowest BCUT2D eigenvalue weighted by atomic mass is 10.1. The fourth-order valence-electron chi connectivity index (χ4n) is 2.76. The van der Waals surface area contributed by atoms with Crippen LogP contribution in [0.4, 0.5) is 0 Å². The summed E-state index contributed by atoms with van der Waals surface area (Å²) in [5, 5.41) is 10.1. The molecular weight excluding hydrogens is 282 g/mol. The van der Waals surface area contributed by atoms with Crippen LogP contribution in [0, 0.1) is 0 Å². The monoisotopic (exact) mass is 307 g/mol. The maximum absolute atomic E-state index is 11.2. The molecule has 0 amide bonds. The standard InChI is InChI=1S/C17H25NO4/c1-12-8-18(9-13(2)22-12)10-16(20)11-21-17-6-4-15(5-7-17)14(3)19/h4-7,12-13,16,20H,8-11H2,1-3H3/t12-,13-,16-/m1/s1. The predicted molar refractivity (Wildman–Crippen MR) is 84.4 cm³/mol. The Bertz CT molecular complexity index is 478. The topological polar surface area (TPSA) is 59.0 Å². The van der Waals surface area contributed by atoms with Gasteiger partial charge >= 0.3 is 0 Å². The Morgan fingerprint density at radius 1 is 1.32 bits per heavy atom. The van der Waals surface area contributed by atoms with E-state index < -0.39 is 6.10 Å². The molecule has 1 aliphatic heterocycles. The van der Waals surface area contributed by atoms with Crippen molar-refractivity contribution in [3.63, 3.8) is 0 Å². The minimum Gasteiger partial charge on any atom is -0.491 e. The first-order valence-corrected chi connectivity index (χ1v) is 7.73. The SMILES string of the molecule is CC(=O)c1ccc(OC[C@H](O)CN2C[C@@H](C)O[C@H](C)C2)cc1. The zero-order chi connectivity index (χ0) is 16.1. The number of carbonyl (C=O) groups is 1. The molecule has 5 nitrogen and oxygen atoms in total. The highest BCUT2D eigenvalue weighted by Gasteiger charge is 2.23. The molecule has 1 aromatic rings. The summed E-state index contributed by atoms with van der Waals surface area (Å²) in [6.07, 6.45) is -0.169. The van der Waals surface area contributed by atoms with Crippen LogP contribution in [-0.2, 0) is 4.74 Å². The van der Waals surface area contributed by atoms with Crippen molar-refractivity contribution in [2.45, 2.75) is 39.1 Å². The maximum Gasteiger partial charge on any atom is 0.159 e. The second-order valence-electron chi connectivity index (χ2n) is 6.02. The number of hydrogen-bond acceptors (Lipinski definition) is 5. The molecule has 0 aromatic heterocycles. The third-order valence-corrected chi connectivity index (χ3v) is 3.67. The molecule has 0 saturated carbocycles. The second kappa shape index (κ2) is 7.72. The third-order valence-electron chi connectivity index (χ3n) is 3.67. The van der Waals surface area contributed by atoms with Crippen LogP contribution in [0.5, 0.6) is 5.75 Å². The van der Waals surface area contributed by atoms with E-state index in [4.69, 9.17) is 9.47 Å². The molecule has 1 saturated heterocycles. The maximum atomic E-state index is 11.2. The first kappa shape index (κ1) is 16.9. The summed E-state index contributed by atoms with van der Waals surface area (Å²) in [4.78, 5) is 13.4. The van der Waals surface area contributed by atoms with Gasteiger partial charge in [-0.2, -0.15) is 0 Å². The number of nitrogens with zero attached hydrogens (tertiary/aromatic N) is 1. The summed E-state index contributed by atoms with van der Waals surface area (Å²) in [5.41, 5.74) is 0.657. The molecule has 1 fully saturated rings. The number of ketones is 1. The number of rotatable bonds is 6. The van der Waals surface area contributed by atoms with Gasteiger partial charge < -0.3 is 14.6 Å². The molecule has 5 heteroatoms. The summed E-state index contributed by atoms with van der Waals surface area (Å²) in [6, 6.07) is 6.97. The number of β-amino-alcohol motifs (C(OH)–C–C–N with tert-alkyl or cyclic N) is 1. The lowest BCUT2D eigenvalue weighted by molar-refractivity contribution is -0.0786. The van der Waals surface area contributed by atoms with Gasteiger partial charge in [0, 0.05) is 25.2 Å². The van der Waals surface area contributed by atoms with Crippen molar-refractivity contribution < 1.29 is 19.4 Å². The summed E-state index contributed by atoms with van der Waals surface area (Å²) in [6.45, 7) is 8.08. The molecule has 1 N–H and O–H groups in total. The molecule has 0 radical (unpaired) electrons. The summed E-state index contributed by atoms with van der Waals surface area (Å²) in [7, 11) is 0. The first-order valence-electron chi connectivity index (χ1n) is 7.73. The first-order chi connectivity index (χ1) is 10.4. The Morgan fingerprint density at radius 3 is 2.45 bits per heavy atom. The van der Waals surface area contributed by atoms with Crippen molar-refractivity contribution in [3.8, 4) is 5.75 Å². The van der Waals surface area contributed by atoms with E-state index in [0.29, 0.717) is 17.9 Å². The van der Waals surface area contributed by atoms with Crippen molar-refractivity contribution in [2.24, 2.45) is 0 Å². The van der Waals surface area contributed by atoms with Crippen LogP contribution in [0.25, 0.3) is 0 Å². The van der Waals surface area contributed by atoms with Crippen LogP contribution < -0.4 is 4.74 Å². The molecule has 1 heterocycles. The van der Waals surface area contributed by atoms with Gasteiger partial charge in [0.15, 0.2) is 5.78 Å². The number of carbonyl (C=O) groups excluding carboxylic acids is 1. The summed E-state index contributed by atoms with van der Waals surface area (Å²) < 4.78 is 11.3. The fourth-order valence-corrected chi connectivity index (χ4v) is 2.76. The van der Waals surface area contributed by atoms with E-state index in [0.717, 1.165) is 13.1 Å². The zero-order valence-electron chi connectivity index (χ0n) is 13.5. The largest absolute Gasteiger partial charge is 0.491 e. The smallest absolute Gasteiger partial charge is 0.159 e. The Labute approximate surface area is 131 Å². The number of aliphatic hydroxyl groups excluding tert-OH is 1. The Balaban J connectivity index is 1.77. The molecule has 2 rings (SSSR count). The average Bonchev–Trinajstić information content (AvgIpc) is 2.44. The molecule has 122 valence electrons. The number of morpholine rings is 1. The van der Waals surface area contributed by atoms with E-state index in [1.54, 1.807) is 24.3 Å². The fraction of sp³-hybridized carbons (Fsp3) is 0.588. The molecule has 0 unspecified atom stereocenters. The van der Waals surface area contributed by atoms with Crippen molar-refractivity contribution in [3.05, 3.63) is 29.8 Å². The molecule has 22 heavy (non-hydrogen) atoms. The van der Waals surface area contributed by atoms with Crippen molar-refractivity contribution >= 4 is 5.78 Å². The average molecular weight is 307 g/mol. The van der Waals surface area contributed by atoms with Crippen molar-refractivity contribution in [1.29, 1.82) is 0 Å². The van der Waals surface area contributed by atoms with Crippen LogP contribution in [0.1, 0.15) is 31.1 Å². The van der Waals surface area contributed by atoms with E-state index >= 15 is 0 Å². The van der Waals surface area contributed by atoms with E-state index in [9.17, 15) is 9.90 Å². The summed E-state index contributed by atoms with van der Waals surface area (Å²) in [5.74, 6) is 0.690. The molecular formula is C17H25NO4. The van der Waals surface area contributed by atoms with Crippen LogP contribution in [0.3, 0.4) is 0 Å². The normalized spacial score (nSPS) is 24.0.